The van der Waals surface area contributed by atoms with Gasteiger partial charge >= 0.3 is 4.83 Å². The molecule has 0 saturated carbocycles. The van der Waals surface area contributed by atoms with Crippen molar-refractivity contribution >= 4 is 27.3 Å². The van der Waals surface area contributed by atoms with Crippen LogP contribution in [0.4, 0.5) is 8.78 Å². The molecule has 11 heavy (non-hydrogen) atoms. The molecule has 0 spiro atoms. The lowest BCUT2D eigenvalue weighted by Crippen LogP contribution is -2.18. The normalized spacial score (nSPS) is 14.9. The second-order valence-corrected chi connectivity index (χ2v) is 3.63. The van der Waals surface area contributed by atoms with E-state index in [1.165, 1.54) is 10.9 Å². The molecule has 0 bridgehead atoms. The zero-order chi connectivity index (χ0) is 8.48. The number of hydrogen-bond donors (Lipinski definition) is 1. The number of halogens is 3. The van der Waals surface area contributed by atoms with Crippen molar-refractivity contribution in [1.82, 2.24) is 4.98 Å². The van der Waals surface area contributed by atoms with Gasteiger partial charge in [0.05, 0.1) is 11.2 Å². The summed E-state index contributed by atoms with van der Waals surface area (Å²) in [7, 11) is 0. The second kappa shape index (κ2) is 3.12. The van der Waals surface area contributed by atoms with E-state index < -0.39 is 10.9 Å². The van der Waals surface area contributed by atoms with E-state index in [0.29, 0.717) is 0 Å². The van der Waals surface area contributed by atoms with Crippen molar-refractivity contribution < 1.29 is 13.9 Å². The van der Waals surface area contributed by atoms with Crippen LogP contribution < -0.4 is 0 Å². The first-order chi connectivity index (χ1) is 5.02. The number of thiazole rings is 1. The third-order valence-corrected chi connectivity index (χ3v) is 2.08. The first-order valence-electron chi connectivity index (χ1n) is 2.64. The van der Waals surface area contributed by atoms with Gasteiger partial charge in [0, 0.05) is 5.38 Å². The highest BCUT2D eigenvalue weighted by Crippen LogP contribution is 2.35. The van der Waals surface area contributed by atoms with E-state index in [-0.39, 0.29) is 5.69 Å². The molecule has 6 heteroatoms. The lowest BCUT2D eigenvalue weighted by atomic mass is 10.3. The maximum Gasteiger partial charge on any atom is 0.332 e. The minimum atomic E-state index is -3.30. The largest absolute Gasteiger partial charge is 0.380 e. The number of nitrogens with zero attached hydrogens (tertiary/aromatic N) is 1. The van der Waals surface area contributed by atoms with E-state index >= 15 is 0 Å². The molecule has 0 amide bonds. The average Bonchev–Trinajstić information content (AvgIpc) is 2.34. The molecule has 1 atom stereocenters. The Hall–Kier alpha value is -0.0700. The molecule has 1 heterocycles. The topological polar surface area (TPSA) is 33.1 Å². The lowest BCUT2D eigenvalue weighted by Gasteiger charge is -2.13. The van der Waals surface area contributed by atoms with Crippen LogP contribution in [0, 0.1) is 0 Å². The van der Waals surface area contributed by atoms with Gasteiger partial charge in [-0.2, -0.15) is 8.78 Å². The highest BCUT2D eigenvalue weighted by atomic mass is 79.9. The predicted molar refractivity (Wildman–Crippen MR) is 40.9 cm³/mol. The third kappa shape index (κ3) is 2.18. The molecule has 0 saturated heterocycles. The summed E-state index contributed by atoms with van der Waals surface area (Å²) in [4.78, 5) is 0.237. The zero-order valence-electron chi connectivity index (χ0n) is 5.17. The molecule has 0 aliphatic heterocycles. The molecule has 0 aliphatic rings. The minimum Gasteiger partial charge on any atom is -0.380 e. The smallest absolute Gasteiger partial charge is 0.332 e. The third-order valence-electron chi connectivity index (χ3n) is 1.04. The molecule has 1 rings (SSSR count). The van der Waals surface area contributed by atoms with Crippen molar-refractivity contribution in [2.24, 2.45) is 0 Å². The van der Waals surface area contributed by atoms with Crippen LogP contribution in [-0.4, -0.2) is 14.9 Å². The van der Waals surface area contributed by atoms with Crippen molar-refractivity contribution in [1.29, 1.82) is 0 Å². The van der Waals surface area contributed by atoms with Crippen molar-refractivity contribution in [3.63, 3.8) is 0 Å². The summed E-state index contributed by atoms with van der Waals surface area (Å²) in [5.41, 5.74) is 1.37. The summed E-state index contributed by atoms with van der Waals surface area (Å²) >= 11 is 3.21. The summed E-state index contributed by atoms with van der Waals surface area (Å²) < 4.78 is 24.6. The molecule has 1 aromatic rings. The van der Waals surface area contributed by atoms with Crippen LogP contribution in [0.25, 0.3) is 0 Å². The SMILES string of the molecule is OC(c1cscn1)C(F)(F)Br. The van der Waals surface area contributed by atoms with Gasteiger partial charge in [0.25, 0.3) is 0 Å². The Morgan fingerprint density at radius 2 is 2.36 bits per heavy atom. The minimum absolute atomic E-state index is 0.0168. The number of alkyl halides is 3. The quantitative estimate of drug-likeness (QED) is 0.808. The number of rotatable bonds is 2. The molecule has 1 unspecified atom stereocenters. The number of aliphatic hydroxyl groups is 1. The van der Waals surface area contributed by atoms with Crippen LogP contribution >= 0.6 is 27.3 Å². The van der Waals surface area contributed by atoms with Gasteiger partial charge in [0.1, 0.15) is 0 Å². The van der Waals surface area contributed by atoms with E-state index in [1.807, 2.05) is 15.9 Å². The molecule has 0 radical (unpaired) electrons. The van der Waals surface area contributed by atoms with Crippen LogP contribution in [0.2, 0.25) is 0 Å². The van der Waals surface area contributed by atoms with E-state index in [0.717, 1.165) is 11.3 Å². The van der Waals surface area contributed by atoms with Gasteiger partial charge in [0.15, 0.2) is 6.10 Å². The van der Waals surface area contributed by atoms with Gasteiger partial charge in [-0.25, -0.2) is 4.98 Å². The van der Waals surface area contributed by atoms with Crippen LogP contribution in [0.5, 0.6) is 0 Å². The van der Waals surface area contributed by atoms with Crippen molar-refractivity contribution in [3.05, 3.63) is 16.6 Å². The van der Waals surface area contributed by atoms with Gasteiger partial charge in [-0.3, -0.25) is 0 Å². The van der Waals surface area contributed by atoms with Gasteiger partial charge < -0.3 is 5.11 Å². The monoisotopic (exact) mass is 243 g/mol. The fourth-order valence-electron chi connectivity index (χ4n) is 0.525. The Balaban J connectivity index is 2.78. The van der Waals surface area contributed by atoms with Crippen molar-refractivity contribution in [3.8, 4) is 0 Å². The Labute approximate surface area is 74.0 Å². The Morgan fingerprint density at radius 1 is 1.73 bits per heavy atom. The summed E-state index contributed by atoms with van der Waals surface area (Å²) in [6.07, 6.45) is -1.87. The van der Waals surface area contributed by atoms with Gasteiger partial charge in [-0.05, 0) is 15.9 Å². The van der Waals surface area contributed by atoms with Crippen LogP contribution in [0.1, 0.15) is 11.8 Å². The predicted octanol–water partition coefficient (Wildman–Crippen LogP) is 2.16. The zero-order valence-corrected chi connectivity index (χ0v) is 7.57. The molecule has 0 fully saturated rings. The number of aromatic nitrogens is 1. The maximum absolute atomic E-state index is 12.3. The van der Waals surface area contributed by atoms with Crippen LogP contribution in [-0.2, 0) is 0 Å². The van der Waals surface area contributed by atoms with Crippen LogP contribution in [0.15, 0.2) is 10.9 Å². The van der Waals surface area contributed by atoms with Gasteiger partial charge in [-0.1, -0.05) is 0 Å². The standard InChI is InChI=1S/C5H4BrF2NOS/c6-5(7,8)4(10)3-1-11-2-9-3/h1-2,4,10H. The first kappa shape index (κ1) is 9.02. The summed E-state index contributed by atoms with van der Waals surface area (Å²) in [5.74, 6) is 0. The highest BCUT2D eigenvalue weighted by molar-refractivity contribution is 9.10. The summed E-state index contributed by atoms with van der Waals surface area (Å²) in [6, 6.07) is 0. The molecule has 0 aromatic carbocycles. The van der Waals surface area contributed by atoms with E-state index in [1.54, 1.807) is 0 Å². The Morgan fingerprint density at radius 3 is 2.73 bits per heavy atom. The highest BCUT2D eigenvalue weighted by Gasteiger charge is 2.37. The summed E-state index contributed by atoms with van der Waals surface area (Å²) in [6.45, 7) is 0. The molecule has 0 aliphatic carbocycles. The Bertz CT molecular complexity index is 223. The van der Waals surface area contributed by atoms with E-state index in [4.69, 9.17) is 5.11 Å². The van der Waals surface area contributed by atoms with Crippen molar-refractivity contribution in [2.45, 2.75) is 10.9 Å². The average molecular weight is 244 g/mol. The lowest BCUT2D eigenvalue weighted by molar-refractivity contribution is -0.0314. The van der Waals surface area contributed by atoms with Crippen molar-refractivity contribution in [2.75, 3.05) is 0 Å². The molecule has 1 aromatic heterocycles. The number of aliphatic hydroxyl groups excluding tert-OH is 1. The van der Waals surface area contributed by atoms with E-state index in [2.05, 4.69) is 4.98 Å². The molecule has 1 N–H and O–H groups in total. The fourth-order valence-corrected chi connectivity index (χ4v) is 1.33. The maximum atomic E-state index is 12.3. The first-order valence-corrected chi connectivity index (χ1v) is 4.38. The Kier molecular flexibility index (Phi) is 2.56. The molecular formula is C5H4BrF2NOS. The van der Waals surface area contributed by atoms with Crippen LogP contribution in [0.3, 0.4) is 0 Å². The fraction of sp³-hybridized carbons (Fsp3) is 0.400. The number of hydrogen-bond acceptors (Lipinski definition) is 3. The molecular weight excluding hydrogens is 240 g/mol. The van der Waals surface area contributed by atoms with Gasteiger partial charge in [0.2, 0.25) is 0 Å². The molecule has 62 valence electrons. The molecule has 2 nitrogen and oxygen atoms in total. The van der Waals surface area contributed by atoms with Gasteiger partial charge in [-0.15, -0.1) is 11.3 Å². The van der Waals surface area contributed by atoms with E-state index in [9.17, 15) is 8.78 Å². The summed E-state index contributed by atoms with van der Waals surface area (Å²) in [5, 5.41) is 10.3. The second-order valence-electron chi connectivity index (χ2n) is 1.86.